The van der Waals surface area contributed by atoms with E-state index in [0.717, 1.165) is 5.69 Å². The molecule has 0 aliphatic rings. The van der Waals surface area contributed by atoms with E-state index in [1.54, 1.807) is 54.6 Å². The molecule has 0 saturated carbocycles. The summed E-state index contributed by atoms with van der Waals surface area (Å²) >= 11 is 0. The van der Waals surface area contributed by atoms with Crippen LogP contribution < -0.4 is 20.1 Å². The molecular formula is C34H36N2O5. The highest BCUT2D eigenvalue weighted by atomic mass is 16.5. The van der Waals surface area contributed by atoms with Gasteiger partial charge in [0.05, 0.1) is 5.56 Å². The molecule has 0 spiro atoms. The van der Waals surface area contributed by atoms with Gasteiger partial charge in [-0.1, -0.05) is 20.8 Å². The average molecular weight is 553 g/mol. The maximum absolute atomic E-state index is 12.8. The molecule has 0 unspecified atom stereocenters. The molecular weight excluding hydrogens is 516 g/mol. The van der Waals surface area contributed by atoms with Gasteiger partial charge in [0.15, 0.2) is 5.78 Å². The molecule has 41 heavy (non-hydrogen) atoms. The Hall–Kier alpha value is -4.78. The number of rotatable bonds is 8. The van der Waals surface area contributed by atoms with Crippen molar-refractivity contribution >= 4 is 23.1 Å². The van der Waals surface area contributed by atoms with Crippen molar-refractivity contribution in [2.75, 3.05) is 10.6 Å². The van der Waals surface area contributed by atoms with Gasteiger partial charge in [-0.3, -0.25) is 9.59 Å². The van der Waals surface area contributed by atoms with E-state index < -0.39 is 11.3 Å². The van der Waals surface area contributed by atoms with Crippen LogP contribution in [-0.4, -0.2) is 22.3 Å². The molecule has 7 nitrogen and oxygen atoms in total. The predicted octanol–water partition coefficient (Wildman–Crippen LogP) is 8.67. The maximum atomic E-state index is 12.8. The van der Waals surface area contributed by atoms with E-state index in [9.17, 15) is 14.7 Å². The van der Waals surface area contributed by atoms with E-state index >= 15 is 0 Å². The van der Waals surface area contributed by atoms with Gasteiger partial charge in [-0.05, 0) is 106 Å². The van der Waals surface area contributed by atoms with Crippen LogP contribution in [0.3, 0.4) is 0 Å². The Morgan fingerprint density at radius 3 is 1.59 bits per heavy atom. The van der Waals surface area contributed by atoms with E-state index in [1.807, 2.05) is 45.0 Å². The zero-order valence-corrected chi connectivity index (χ0v) is 24.2. The van der Waals surface area contributed by atoms with E-state index in [-0.39, 0.29) is 22.6 Å². The van der Waals surface area contributed by atoms with Gasteiger partial charge >= 0.3 is 0 Å². The fraction of sp³-hybridized carbons (Fsp3) is 0.235. The first-order chi connectivity index (χ1) is 19.3. The minimum absolute atomic E-state index is 0.0301. The van der Waals surface area contributed by atoms with Crippen molar-refractivity contribution in [3.63, 3.8) is 0 Å². The van der Waals surface area contributed by atoms with Gasteiger partial charge in [0.25, 0.3) is 5.91 Å². The largest absolute Gasteiger partial charge is 0.507 e. The molecule has 212 valence electrons. The number of carbonyl (C=O) groups is 2. The second kappa shape index (κ2) is 11.8. The molecule has 1 amide bonds. The van der Waals surface area contributed by atoms with Crippen LogP contribution in [0, 0.1) is 5.41 Å². The second-order valence-electron chi connectivity index (χ2n) is 11.9. The fourth-order valence-electron chi connectivity index (χ4n) is 3.99. The first-order valence-electron chi connectivity index (χ1n) is 13.4. The summed E-state index contributed by atoms with van der Waals surface area (Å²) in [6.45, 7) is 11.9. The lowest BCUT2D eigenvalue weighted by molar-refractivity contribution is 0.0858. The lowest BCUT2D eigenvalue weighted by atomic mass is 9.86. The number of hydrogen-bond acceptors (Lipinski definition) is 6. The summed E-state index contributed by atoms with van der Waals surface area (Å²) in [5.41, 5.74) is 1.76. The van der Waals surface area contributed by atoms with E-state index in [2.05, 4.69) is 31.4 Å². The molecule has 0 aliphatic heterocycles. The molecule has 3 N–H and O–H groups in total. The quantitative estimate of drug-likeness (QED) is 0.189. The summed E-state index contributed by atoms with van der Waals surface area (Å²) < 4.78 is 11.7. The molecule has 0 aliphatic carbocycles. The highest BCUT2D eigenvalue weighted by Crippen LogP contribution is 2.30. The van der Waals surface area contributed by atoms with Gasteiger partial charge in [0.1, 0.15) is 28.7 Å². The molecule has 0 fully saturated rings. The predicted molar refractivity (Wildman–Crippen MR) is 163 cm³/mol. The summed E-state index contributed by atoms with van der Waals surface area (Å²) in [6.07, 6.45) is 0. The van der Waals surface area contributed by atoms with Crippen LogP contribution in [0.15, 0.2) is 91.0 Å². The van der Waals surface area contributed by atoms with Crippen molar-refractivity contribution in [3.8, 4) is 28.7 Å². The molecule has 0 saturated heterocycles. The van der Waals surface area contributed by atoms with Crippen molar-refractivity contribution in [3.05, 3.63) is 102 Å². The van der Waals surface area contributed by atoms with Crippen LogP contribution in [0.25, 0.3) is 0 Å². The molecule has 0 atom stereocenters. The first-order valence-corrected chi connectivity index (χ1v) is 13.4. The Kier molecular flexibility index (Phi) is 8.38. The molecule has 0 aromatic heterocycles. The number of hydrogen-bond donors (Lipinski definition) is 3. The van der Waals surface area contributed by atoms with Gasteiger partial charge in [-0.25, -0.2) is 0 Å². The Morgan fingerprint density at radius 1 is 0.634 bits per heavy atom. The summed E-state index contributed by atoms with van der Waals surface area (Å²) in [5, 5.41) is 16.7. The van der Waals surface area contributed by atoms with Crippen LogP contribution in [-0.2, 0) is 0 Å². The first kappa shape index (κ1) is 29.2. The number of Topliss-reactive ketones (excluding diaryl/α,β-unsaturated/α-hetero) is 1. The van der Waals surface area contributed by atoms with Crippen molar-refractivity contribution in [2.45, 2.75) is 47.1 Å². The number of phenolic OH excluding ortho intramolecular Hbond substituents is 1. The smallest absolute Gasteiger partial charge is 0.259 e. The Morgan fingerprint density at radius 2 is 1.10 bits per heavy atom. The average Bonchev–Trinajstić information content (AvgIpc) is 2.89. The summed E-state index contributed by atoms with van der Waals surface area (Å²) in [4.78, 5) is 25.2. The van der Waals surface area contributed by atoms with E-state index in [4.69, 9.17) is 9.47 Å². The third-order valence-electron chi connectivity index (χ3n) is 5.97. The van der Waals surface area contributed by atoms with Crippen LogP contribution in [0.1, 0.15) is 62.3 Å². The minimum atomic E-state index is -0.475. The van der Waals surface area contributed by atoms with Gasteiger partial charge in [-0.2, -0.15) is 0 Å². The third kappa shape index (κ3) is 8.11. The highest BCUT2D eigenvalue weighted by Gasteiger charge is 2.22. The Labute approximate surface area is 241 Å². The number of anilines is 2. The molecule has 4 aromatic carbocycles. The fourth-order valence-corrected chi connectivity index (χ4v) is 3.99. The minimum Gasteiger partial charge on any atom is -0.507 e. The van der Waals surface area contributed by atoms with Crippen LogP contribution in [0.2, 0.25) is 0 Å². The summed E-state index contributed by atoms with van der Waals surface area (Å²) in [7, 11) is 0. The standard InChI is InChI=1S/C34H36N2O5/c1-33(2,3)31(38)22-7-13-25(14-8-22)41-28-19-20-29(30(37)21-28)32(39)35-23-9-15-26(16-10-23)40-27-17-11-24(12-18-27)36-34(4,5)6/h7-21,36-37H,1-6H3,(H,35,39). The molecule has 0 radical (unpaired) electrons. The van der Waals surface area contributed by atoms with Crippen LogP contribution >= 0.6 is 0 Å². The van der Waals surface area contributed by atoms with Crippen molar-refractivity contribution < 1.29 is 24.2 Å². The Bertz CT molecular complexity index is 1510. The number of aromatic hydroxyl groups is 1. The number of nitrogens with one attached hydrogen (secondary N) is 2. The van der Waals surface area contributed by atoms with Crippen molar-refractivity contribution in [2.24, 2.45) is 5.41 Å². The van der Waals surface area contributed by atoms with Gasteiger partial charge in [-0.15, -0.1) is 0 Å². The third-order valence-corrected chi connectivity index (χ3v) is 5.97. The molecule has 4 aromatic rings. The molecule has 4 rings (SSSR count). The summed E-state index contributed by atoms with van der Waals surface area (Å²) in [5.74, 6) is 1.55. The second-order valence-corrected chi connectivity index (χ2v) is 11.9. The number of phenols is 1. The molecule has 0 bridgehead atoms. The zero-order valence-electron chi connectivity index (χ0n) is 24.2. The number of amides is 1. The van der Waals surface area contributed by atoms with Gasteiger partial charge in [0.2, 0.25) is 0 Å². The normalized spacial score (nSPS) is 11.5. The van der Waals surface area contributed by atoms with Crippen LogP contribution in [0.5, 0.6) is 28.7 Å². The lowest BCUT2D eigenvalue weighted by Gasteiger charge is -2.22. The lowest BCUT2D eigenvalue weighted by Crippen LogP contribution is -2.25. The van der Waals surface area contributed by atoms with Gasteiger partial charge < -0.3 is 25.2 Å². The zero-order chi connectivity index (χ0) is 29.8. The summed E-state index contributed by atoms with van der Waals surface area (Å²) in [6, 6.07) is 26.0. The van der Waals surface area contributed by atoms with Crippen molar-refractivity contribution in [1.29, 1.82) is 0 Å². The van der Waals surface area contributed by atoms with Gasteiger partial charge in [0, 0.05) is 34.0 Å². The maximum Gasteiger partial charge on any atom is 0.259 e. The highest BCUT2D eigenvalue weighted by molar-refractivity contribution is 6.06. The molecule has 0 heterocycles. The number of ketones is 1. The topological polar surface area (TPSA) is 96.9 Å². The van der Waals surface area contributed by atoms with E-state index in [0.29, 0.717) is 34.2 Å². The molecule has 7 heteroatoms. The number of ether oxygens (including phenoxy) is 2. The Balaban J connectivity index is 1.34. The monoisotopic (exact) mass is 552 g/mol. The van der Waals surface area contributed by atoms with Crippen LogP contribution in [0.4, 0.5) is 11.4 Å². The number of carbonyl (C=O) groups excluding carboxylic acids is 2. The van der Waals surface area contributed by atoms with E-state index in [1.165, 1.54) is 12.1 Å². The number of benzene rings is 4. The van der Waals surface area contributed by atoms with Crippen molar-refractivity contribution in [1.82, 2.24) is 0 Å². The SMILES string of the molecule is CC(C)(C)Nc1ccc(Oc2ccc(NC(=O)c3ccc(Oc4ccc(C(=O)C(C)(C)C)cc4)cc3O)cc2)cc1.